The van der Waals surface area contributed by atoms with Crippen LogP contribution in [0.3, 0.4) is 0 Å². The first kappa shape index (κ1) is 15.7. The van der Waals surface area contributed by atoms with Crippen molar-refractivity contribution in [2.45, 2.75) is 6.42 Å². The number of methoxy groups -OCH3 is 1. The second-order valence-electron chi connectivity index (χ2n) is 3.83. The van der Waals surface area contributed by atoms with Crippen molar-refractivity contribution in [3.05, 3.63) is 29.8 Å². The van der Waals surface area contributed by atoms with Crippen molar-refractivity contribution >= 4 is 33.4 Å². The van der Waals surface area contributed by atoms with Crippen LogP contribution in [-0.2, 0) is 9.53 Å². The van der Waals surface area contributed by atoms with Crippen molar-refractivity contribution in [2.75, 3.05) is 30.9 Å². The number of nitrogens with one attached hydrogen (secondary N) is 2. The molecular formula is C13H17BrN2O3. The fourth-order valence-corrected chi connectivity index (χ4v) is 1.63. The first-order valence-corrected chi connectivity index (χ1v) is 7.03. The van der Waals surface area contributed by atoms with E-state index in [1.165, 1.54) is 0 Å². The highest BCUT2D eigenvalue weighted by molar-refractivity contribution is 9.09. The standard InChI is InChI=1S/C13H17BrN2O3/c1-19-8-4-7-15-13(18)10-5-2-3-6-11(10)16-12(17)9-14/h2-3,5-6H,4,7-9H2,1H3,(H,15,18)(H,16,17). The molecule has 0 saturated carbocycles. The van der Waals surface area contributed by atoms with Crippen LogP contribution in [0.15, 0.2) is 24.3 Å². The number of carbonyl (C=O) groups excluding carboxylic acids is 2. The Morgan fingerprint density at radius 2 is 2.05 bits per heavy atom. The summed E-state index contributed by atoms with van der Waals surface area (Å²) in [5.41, 5.74) is 0.963. The van der Waals surface area contributed by atoms with Gasteiger partial charge in [0.2, 0.25) is 5.91 Å². The summed E-state index contributed by atoms with van der Waals surface area (Å²) in [7, 11) is 1.62. The van der Waals surface area contributed by atoms with Gasteiger partial charge in [0, 0.05) is 20.3 Å². The molecule has 0 spiro atoms. The highest BCUT2D eigenvalue weighted by Crippen LogP contribution is 2.15. The van der Waals surface area contributed by atoms with Crippen molar-refractivity contribution in [1.29, 1.82) is 0 Å². The lowest BCUT2D eigenvalue weighted by Crippen LogP contribution is -2.26. The van der Waals surface area contributed by atoms with Gasteiger partial charge in [-0.25, -0.2) is 0 Å². The van der Waals surface area contributed by atoms with E-state index in [1.807, 2.05) is 0 Å². The van der Waals surface area contributed by atoms with E-state index >= 15 is 0 Å². The number of rotatable bonds is 7. The van der Waals surface area contributed by atoms with Gasteiger partial charge in [0.15, 0.2) is 0 Å². The normalized spacial score (nSPS) is 10.0. The minimum absolute atomic E-state index is 0.191. The van der Waals surface area contributed by atoms with Crippen LogP contribution in [0.25, 0.3) is 0 Å². The van der Waals surface area contributed by atoms with E-state index in [9.17, 15) is 9.59 Å². The van der Waals surface area contributed by atoms with Gasteiger partial charge in [0.1, 0.15) is 0 Å². The van der Waals surface area contributed by atoms with Crippen molar-refractivity contribution < 1.29 is 14.3 Å². The molecule has 2 N–H and O–H groups in total. The molecule has 2 amide bonds. The Morgan fingerprint density at radius 1 is 1.32 bits per heavy atom. The number of carbonyl (C=O) groups is 2. The van der Waals surface area contributed by atoms with Crippen LogP contribution in [-0.4, -0.2) is 37.4 Å². The number of para-hydroxylation sites is 1. The fourth-order valence-electron chi connectivity index (χ4n) is 1.49. The highest BCUT2D eigenvalue weighted by atomic mass is 79.9. The molecule has 0 aromatic heterocycles. The summed E-state index contributed by atoms with van der Waals surface area (Å²) >= 11 is 3.07. The summed E-state index contributed by atoms with van der Waals surface area (Å²) < 4.78 is 4.91. The van der Waals surface area contributed by atoms with Crippen molar-refractivity contribution in [3.8, 4) is 0 Å². The SMILES string of the molecule is COCCCNC(=O)c1ccccc1NC(=O)CBr. The van der Waals surface area contributed by atoms with Crippen LogP contribution in [0, 0.1) is 0 Å². The van der Waals surface area contributed by atoms with Gasteiger partial charge in [-0.05, 0) is 18.6 Å². The van der Waals surface area contributed by atoms with Gasteiger partial charge in [0.25, 0.3) is 5.91 Å². The molecule has 0 bridgehead atoms. The molecule has 0 unspecified atom stereocenters. The van der Waals surface area contributed by atoms with Gasteiger partial charge in [-0.2, -0.15) is 0 Å². The van der Waals surface area contributed by atoms with Gasteiger partial charge in [-0.15, -0.1) is 0 Å². The minimum Gasteiger partial charge on any atom is -0.385 e. The summed E-state index contributed by atoms with van der Waals surface area (Å²) in [5, 5.41) is 5.65. The van der Waals surface area contributed by atoms with E-state index in [2.05, 4.69) is 26.6 Å². The Hall–Kier alpha value is -1.40. The lowest BCUT2D eigenvalue weighted by atomic mass is 10.1. The van der Waals surface area contributed by atoms with Gasteiger partial charge in [-0.3, -0.25) is 9.59 Å². The number of ether oxygens (including phenoxy) is 1. The number of hydrogen-bond donors (Lipinski definition) is 2. The molecule has 0 heterocycles. The van der Waals surface area contributed by atoms with E-state index in [1.54, 1.807) is 31.4 Å². The number of benzene rings is 1. The smallest absolute Gasteiger partial charge is 0.253 e. The molecule has 0 atom stereocenters. The van der Waals surface area contributed by atoms with E-state index in [-0.39, 0.29) is 17.1 Å². The van der Waals surface area contributed by atoms with Gasteiger partial charge in [0.05, 0.1) is 16.6 Å². The van der Waals surface area contributed by atoms with Crippen LogP contribution in [0.4, 0.5) is 5.69 Å². The maximum atomic E-state index is 12.0. The zero-order chi connectivity index (χ0) is 14.1. The number of alkyl halides is 1. The molecule has 104 valence electrons. The van der Waals surface area contributed by atoms with Crippen LogP contribution < -0.4 is 10.6 Å². The topological polar surface area (TPSA) is 67.4 Å². The Morgan fingerprint density at radius 3 is 2.74 bits per heavy atom. The zero-order valence-corrected chi connectivity index (χ0v) is 12.3. The average Bonchev–Trinajstić information content (AvgIpc) is 2.43. The summed E-state index contributed by atoms with van der Waals surface area (Å²) in [6.45, 7) is 1.13. The Kier molecular flexibility index (Phi) is 7.14. The Balaban J connectivity index is 2.65. The first-order chi connectivity index (χ1) is 9.19. The van der Waals surface area contributed by atoms with Gasteiger partial charge < -0.3 is 15.4 Å². The van der Waals surface area contributed by atoms with Crippen LogP contribution in [0.5, 0.6) is 0 Å². The third kappa shape index (κ3) is 5.40. The summed E-state index contributed by atoms with van der Waals surface area (Å²) in [6.07, 6.45) is 0.748. The molecule has 0 aliphatic carbocycles. The molecule has 0 fully saturated rings. The first-order valence-electron chi connectivity index (χ1n) is 5.91. The van der Waals surface area contributed by atoms with E-state index in [0.717, 1.165) is 6.42 Å². The summed E-state index contributed by atoms with van der Waals surface area (Å²) in [5.74, 6) is -0.402. The third-order valence-electron chi connectivity index (χ3n) is 2.38. The second kappa shape index (κ2) is 8.66. The zero-order valence-electron chi connectivity index (χ0n) is 10.7. The molecule has 19 heavy (non-hydrogen) atoms. The number of hydrogen-bond acceptors (Lipinski definition) is 3. The lowest BCUT2D eigenvalue weighted by molar-refractivity contribution is -0.113. The highest BCUT2D eigenvalue weighted by Gasteiger charge is 2.11. The second-order valence-corrected chi connectivity index (χ2v) is 4.39. The molecular weight excluding hydrogens is 312 g/mol. The predicted molar refractivity (Wildman–Crippen MR) is 77.7 cm³/mol. The van der Waals surface area contributed by atoms with Crippen molar-refractivity contribution in [3.63, 3.8) is 0 Å². The Labute approximate surface area is 120 Å². The number of halogens is 1. The van der Waals surface area contributed by atoms with E-state index in [4.69, 9.17) is 4.74 Å². The number of amides is 2. The number of anilines is 1. The molecule has 1 aromatic rings. The molecule has 6 heteroatoms. The van der Waals surface area contributed by atoms with Gasteiger partial charge in [-0.1, -0.05) is 28.1 Å². The third-order valence-corrected chi connectivity index (χ3v) is 2.89. The van der Waals surface area contributed by atoms with Crippen molar-refractivity contribution in [2.24, 2.45) is 0 Å². The van der Waals surface area contributed by atoms with E-state index < -0.39 is 0 Å². The minimum atomic E-state index is -0.207. The molecule has 0 aliphatic rings. The molecule has 0 saturated heterocycles. The van der Waals surface area contributed by atoms with E-state index in [0.29, 0.717) is 24.4 Å². The largest absolute Gasteiger partial charge is 0.385 e. The monoisotopic (exact) mass is 328 g/mol. The van der Waals surface area contributed by atoms with Gasteiger partial charge >= 0.3 is 0 Å². The molecule has 1 rings (SSSR count). The maximum absolute atomic E-state index is 12.0. The Bertz CT molecular complexity index is 438. The lowest BCUT2D eigenvalue weighted by Gasteiger charge is -2.10. The summed E-state index contributed by atoms with van der Waals surface area (Å²) in [6, 6.07) is 6.90. The average molecular weight is 329 g/mol. The molecule has 1 aromatic carbocycles. The van der Waals surface area contributed by atoms with Crippen LogP contribution in [0.1, 0.15) is 16.8 Å². The molecule has 0 radical (unpaired) electrons. The fraction of sp³-hybridized carbons (Fsp3) is 0.385. The van der Waals surface area contributed by atoms with Crippen LogP contribution >= 0.6 is 15.9 Å². The molecule has 5 nitrogen and oxygen atoms in total. The quantitative estimate of drug-likeness (QED) is 0.592. The molecule has 0 aliphatic heterocycles. The maximum Gasteiger partial charge on any atom is 0.253 e. The summed E-state index contributed by atoms with van der Waals surface area (Å²) in [4.78, 5) is 23.3. The van der Waals surface area contributed by atoms with Crippen LogP contribution in [0.2, 0.25) is 0 Å². The predicted octanol–water partition coefficient (Wildman–Crippen LogP) is 1.79. The van der Waals surface area contributed by atoms with Crippen molar-refractivity contribution in [1.82, 2.24) is 5.32 Å².